The third kappa shape index (κ3) is 1.83. The summed E-state index contributed by atoms with van der Waals surface area (Å²) < 4.78 is 0.134. The smallest absolute Gasteiger partial charge is 0.332 e. The summed E-state index contributed by atoms with van der Waals surface area (Å²) in [5.41, 5.74) is 1.43. The van der Waals surface area contributed by atoms with Crippen molar-refractivity contribution in [2.45, 2.75) is 17.3 Å². The molecule has 11 heavy (non-hydrogen) atoms. The molecule has 0 fully saturated rings. The average molecular weight is 264 g/mol. The third-order valence-corrected chi connectivity index (χ3v) is 2.81. The summed E-state index contributed by atoms with van der Waals surface area (Å²) in [5, 5.41) is 8.78. The molecule has 60 valence electrons. The van der Waals surface area contributed by atoms with Gasteiger partial charge in [-0.15, -0.1) is 0 Å². The van der Waals surface area contributed by atoms with Gasteiger partial charge >= 0.3 is 5.97 Å². The Morgan fingerprint density at radius 2 is 2.45 bits per heavy atom. The molecule has 1 N–H and O–H groups in total. The maximum atomic E-state index is 10.7. The average Bonchev–Trinajstić information content (AvgIpc) is 1.85. The zero-order valence-electron chi connectivity index (χ0n) is 6.17. The molecule has 0 saturated carbocycles. The summed E-state index contributed by atoms with van der Waals surface area (Å²) in [6, 6.07) is 0. The number of aliphatic carboxylic acids is 1. The highest BCUT2D eigenvalue weighted by molar-refractivity contribution is 14.1. The van der Waals surface area contributed by atoms with E-state index in [0.29, 0.717) is 5.57 Å². The first kappa shape index (κ1) is 8.77. The fraction of sp³-hybridized carbons (Fsp3) is 0.375. The molecule has 0 saturated heterocycles. The van der Waals surface area contributed by atoms with Crippen molar-refractivity contribution in [3.05, 3.63) is 23.3 Å². The lowest BCUT2D eigenvalue weighted by atomic mass is 9.99. The molecule has 0 heterocycles. The van der Waals surface area contributed by atoms with Gasteiger partial charge in [-0.25, -0.2) is 4.79 Å². The highest BCUT2D eigenvalue weighted by atomic mass is 127. The molecule has 3 heteroatoms. The minimum atomic E-state index is -0.786. The van der Waals surface area contributed by atoms with Crippen molar-refractivity contribution in [3.8, 4) is 0 Å². The zero-order chi connectivity index (χ0) is 8.43. The van der Waals surface area contributed by atoms with E-state index in [2.05, 4.69) is 22.6 Å². The van der Waals surface area contributed by atoms with E-state index in [1.165, 1.54) is 0 Å². The molecule has 1 aliphatic rings. The maximum Gasteiger partial charge on any atom is 0.332 e. The molecule has 0 aromatic carbocycles. The number of hydrogen-bond acceptors (Lipinski definition) is 1. The quantitative estimate of drug-likeness (QED) is 0.582. The molecule has 0 aromatic heterocycles. The van der Waals surface area contributed by atoms with Crippen LogP contribution in [0.1, 0.15) is 13.3 Å². The van der Waals surface area contributed by atoms with Gasteiger partial charge in [0.25, 0.3) is 0 Å². The van der Waals surface area contributed by atoms with Crippen molar-refractivity contribution >= 4 is 28.6 Å². The van der Waals surface area contributed by atoms with Crippen molar-refractivity contribution < 1.29 is 9.90 Å². The molecule has 0 amide bonds. The summed E-state index contributed by atoms with van der Waals surface area (Å²) >= 11 is 2.16. The Balaban J connectivity index is 3.01. The number of hydrogen-bond donors (Lipinski definition) is 1. The van der Waals surface area contributed by atoms with E-state index >= 15 is 0 Å². The van der Waals surface area contributed by atoms with Crippen LogP contribution in [0.2, 0.25) is 0 Å². The Kier molecular flexibility index (Phi) is 2.70. The summed E-state index contributed by atoms with van der Waals surface area (Å²) in [6.07, 6.45) is 4.72. The summed E-state index contributed by atoms with van der Waals surface area (Å²) in [6.45, 7) is 1.84. The van der Waals surface area contributed by atoms with E-state index in [-0.39, 0.29) is 3.92 Å². The molecular formula is C8H9IO2. The second-order valence-corrected chi connectivity index (χ2v) is 4.01. The number of alkyl halides is 1. The second kappa shape index (κ2) is 3.38. The number of carbonyl (C=O) groups is 1. The fourth-order valence-corrected chi connectivity index (χ4v) is 2.17. The van der Waals surface area contributed by atoms with Crippen LogP contribution in [0.15, 0.2) is 23.3 Å². The molecule has 1 rings (SSSR count). The van der Waals surface area contributed by atoms with Crippen molar-refractivity contribution in [3.63, 3.8) is 0 Å². The van der Waals surface area contributed by atoms with E-state index in [4.69, 9.17) is 5.11 Å². The van der Waals surface area contributed by atoms with Gasteiger partial charge in [-0.1, -0.05) is 34.7 Å². The van der Waals surface area contributed by atoms with Gasteiger partial charge in [-0.2, -0.15) is 0 Å². The Morgan fingerprint density at radius 1 is 1.82 bits per heavy atom. The van der Waals surface area contributed by atoms with Crippen LogP contribution in [0.4, 0.5) is 0 Å². The van der Waals surface area contributed by atoms with Crippen molar-refractivity contribution in [1.82, 2.24) is 0 Å². The highest BCUT2D eigenvalue weighted by Gasteiger charge is 2.20. The third-order valence-electron chi connectivity index (χ3n) is 1.68. The minimum Gasteiger partial charge on any atom is -0.478 e. The van der Waals surface area contributed by atoms with Crippen LogP contribution in [0.5, 0.6) is 0 Å². The zero-order valence-corrected chi connectivity index (χ0v) is 8.33. The van der Waals surface area contributed by atoms with Crippen LogP contribution in [-0.2, 0) is 4.79 Å². The fourth-order valence-electron chi connectivity index (χ4n) is 1.12. The molecule has 2 nitrogen and oxygen atoms in total. The SMILES string of the molecule is CC1=C(C(=O)O)C(I)CC=C1. The van der Waals surface area contributed by atoms with Crippen molar-refractivity contribution in [2.75, 3.05) is 0 Å². The number of allylic oxidation sites excluding steroid dienone is 3. The first-order valence-electron chi connectivity index (χ1n) is 3.37. The van der Waals surface area contributed by atoms with Crippen molar-refractivity contribution in [2.24, 2.45) is 0 Å². The lowest BCUT2D eigenvalue weighted by Crippen LogP contribution is -2.15. The van der Waals surface area contributed by atoms with Gasteiger partial charge in [0.05, 0.1) is 5.57 Å². The summed E-state index contributed by atoms with van der Waals surface area (Å²) in [7, 11) is 0. The van der Waals surface area contributed by atoms with Gasteiger partial charge in [0.15, 0.2) is 0 Å². The number of carboxylic acid groups (broad SMARTS) is 1. The molecule has 1 atom stereocenters. The molecule has 0 bridgehead atoms. The molecule has 0 spiro atoms. The summed E-state index contributed by atoms with van der Waals surface area (Å²) in [5.74, 6) is -0.786. The number of rotatable bonds is 1. The Morgan fingerprint density at radius 3 is 2.82 bits per heavy atom. The van der Waals surface area contributed by atoms with E-state index in [1.807, 2.05) is 19.1 Å². The largest absolute Gasteiger partial charge is 0.478 e. The molecule has 0 radical (unpaired) electrons. The molecule has 0 aliphatic heterocycles. The van der Waals surface area contributed by atoms with Crippen LogP contribution in [0, 0.1) is 0 Å². The first-order chi connectivity index (χ1) is 5.13. The Hall–Kier alpha value is -0.320. The van der Waals surface area contributed by atoms with Gasteiger partial charge in [0.1, 0.15) is 0 Å². The van der Waals surface area contributed by atoms with E-state index < -0.39 is 5.97 Å². The van der Waals surface area contributed by atoms with Crippen molar-refractivity contribution in [1.29, 1.82) is 0 Å². The van der Waals surface area contributed by atoms with Gasteiger partial charge in [0.2, 0.25) is 0 Å². The maximum absolute atomic E-state index is 10.7. The van der Waals surface area contributed by atoms with Crippen LogP contribution >= 0.6 is 22.6 Å². The van der Waals surface area contributed by atoms with Gasteiger partial charge in [-0.05, 0) is 18.9 Å². The van der Waals surface area contributed by atoms with Crippen LogP contribution < -0.4 is 0 Å². The topological polar surface area (TPSA) is 37.3 Å². The number of carboxylic acids is 1. The van der Waals surface area contributed by atoms with E-state index in [9.17, 15) is 4.79 Å². The lowest BCUT2D eigenvalue weighted by Gasteiger charge is -2.14. The molecule has 1 unspecified atom stereocenters. The predicted molar refractivity (Wildman–Crippen MR) is 51.9 cm³/mol. The van der Waals surface area contributed by atoms with Gasteiger partial charge < -0.3 is 5.11 Å². The van der Waals surface area contributed by atoms with Gasteiger partial charge in [0, 0.05) is 3.92 Å². The Bertz CT molecular complexity index is 240. The van der Waals surface area contributed by atoms with Crippen LogP contribution in [0.3, 0.4) is 0 Å². The first-order valence-corrected chi connectivity index (χ1v) is 4.62. The van der Waals surface area contributed by atoms with Crippen LogP contribution in [-0.4, -0.2) is 15.0 Å². The molecule has 1 aliphatic carbocycles. The minimum absolute atomic E-state index is 0.134. The summed E-state index contributed by atoms with van der Waals surface area (Å²) in [4.78, 5) is 10.7. The Labute approximate surface area is 79.1 Å². The number of halogens is 1. The predicted octanol–water partition coefficient (Wildman–Crippen LogP) is 2.15. The van der Waals surface area contributed by atoms with E-state index in [1.54, 1.807) is 0 Å². The van der Waals surface area contributed by atoms with E-state index in [0.717, 1.165) is 12.0 Å². The van der Waals surface area contributed by atoms with Crippen LogP contribution in [0.25, 0.3) is 0 Å². The lowest BCUT2D eigenvalue weighted by molar-refractivity contribution is -0.132. The normalized spacial score (nSPS) is 24.0. The highest BCUT2D eigenvalue weighted by Crippen LogP contribution is 2.25. The molecule has 0 aromatic rings. The second-order valence-electron chi connectivity index (χ2n) is 2.51. The monoisotopic (exact) mass is 264 g/mol. The standard InChI is InChI=1S/C8H9IO2/c1-5-3-2-4-6(9)7(5)8(10)11/h2-3,6H,4H2,1H3,(H,10,11). The molecular weight excluding hydrogens is 255 g/mol. The van der Waals surface area contributed by atoms with Gasteiger partial charge in [-0.3, -0.25) is 0 Å².